The summed E-state index contributed by atoms with van der Waals surface area (Å²) >= 11 is 0. The fraction of sp³-hybridized carbons (Fsp3) is 0.667. The first-order valence-electron chi connectivity index (χ1n) is 11.5. The van der Waals surface area contributed by atoms with Crippen molar-refractivity contribution in [1.82, 2.24) is 9.80 Å². The molecule has 1 aliphatic carbocycles. The second-order valence-electron chi connectivity index (χ2n) is 9.30. The lowest BCUT2D eigenvalue weighted by Crippen LogP contribution is -2.42. The van der Waals surface area contributed by atoms with E-state index in [-0.39, 0.29) is 23.8 Å². The van der Waals surface area contributed by atoms with Gasteiger partial charge in [0.05, 0.1) is 12.0 Å². The number of hydrogen-bond acceptors (Lipinski definition) is 4. The Morgan fingerprint density at radius 3 is 2.47 bits per heavy atom. The third-order valence-electron chi connectivity index (χ3n) is 6.86. The number of carbonyl (C=O) groups is 2. The number of likely N-dealkylation sites (tertiary alicyclic amines) is 1. The first-order chi connectivity index (χ1) is 14.5. The minimum absolute atomic E-state index is 0.107. The molecule has 2 saturated heterocycles. The Labute approximate surface area is 180 Å². The summed E-state index contributed by atoms with van der Waals surface area (Å²) in [6, 6.07) is 8.71. The van der Waals surface area contributed by atoms with E-state index in [4.69, 9.17) is 4.74 Å². The zero-order valence-electron chi connectivity index (χ0n) is 18.4. The molecule has 6 nitrogen and oxygen atoms in total. The van der Waals surface area contributed by atoms with Gasteiger partial charge in [0.2, 0.25) is 11.8 Å². The SMILES string of the molecule is CN(C)c1ccc(CN(C[C@@H]2CCCO2)C(=O)[C@@H]2CC(=O)N(C3CCCC3)C2)cc1. The molecule has 1 aromatic carbocycles. The van der Waals surface area contributed by atoms with Crippen LogP contribution < -0.4 is 4.90 Å². The van der Waals surface area contributed by atoms with Crippen molar-refractivity contribution in [2.75, 3.05) is 38.7 Å². The number of benzene rings is 1. The highest BCUT2D eigenvalue weighted by atomic mass is 16.5. The molecule has 3 fully saturated rings. The predicted octanol–water partition coefficient (Wildman–Crippen LogP) is 3.05. The van der Waals surface area contributed by atoms with Crippen LogP contribution in [0.3, 0.4) is 0 Å². The molecule has 2 amide bonds. The molecule has 1 saturated carbocycles. The van der Waals surface area contributed by atoms with Gasteiger partial charge >= 0.3 is 0 Å². The van der Waals surface area contributed by atoms with E-state index in [0.29, 0.717) is 32.1 Å². The van der Waals surface area contributed by atoms with Crippen molar-refractivity contribution in [3.63, 3.8) is 0 Å². The number of carbonyl (C=O) groups excluding carboxylic acids is 2. The van der Waals surface area contributed by atoms with Gasteiger partial charge in [0.1, 0.15) is 0 Å². The van der Waals surface area contributed by atoms with Crippen LogP contribution in [0.15, 0.2) is 24.3 Å². The van der Waals surface area contributed by atoms with Gasteiger partial charge in [-0.2, -0.15) is 0 Å². The molecule has 0 aromatic heterocycles. The Kier molecular flexibility index (Phi) is 6.61. The summed E-state index contributed by atoms with van der Waals surface area (Å²) in [6.07, 6.45) is 7.09. The average Bonchev–Trinajstić information content (AvgIpc) is 3.49. The summed E-state index contributed by atoms with van der Waals surface area (Å²) < 4.78 is 5.83. The quantitative estimate of drug-likeness (QED) is 0.689. The minimum Gasteiger partial charge on any atom is -0.378 e. The van der Waals surface area contributed by atoms with Crippen LogP contribution in [-0.2, 0) is 20.9 Å². The van der Waals surface area contributed by atoms with Crippen LogP contribution in [0.1, 0.15) is 50.5 Å². The molecule has 2 heterocycles. The van der Waals surface area contributed by atoms with E-state index in [1.165, 1.54) is 12.8 Å². The van der Waals surface area contributed by atoms with Gasteiger partial charge in [-0.1, -0.05) is 25.0 Å². The first kappa shape index (κ1) is 21.2. The van der Waals surface area contributed by atoms with E-state index in [0.717, 1.165) is 43.5 Å². The first-order valence-corrected chi connectivity index (χ1v) is 11.5. The van der Waals surface area contributed by atoms with E-state index in [9.17, 15) is 9.59 Å². The molecule has 0 N–H and O–H groups in total. The van der Waals surface area contributed by atoms with Gasteiger partial charge in [0.25, 0.3) is 0 Å². The van der Waals surface area contributed by atoms with Gasteiger partial charge < -0.3 is 19.4 Å². The highest BCUT2D eigenvalue weighted by Crippen LogP contribution is 2.31. The van der Waals surface area contributed by atoms with E-state index in [1.54, 1.807) is 0 Å². The van der Waals surface area contributed by atoms with Crippen molar-refractivity contribution in [2.24, 2.45) is 5.92 Å². The van der Waals surface area contributed by atoms with Gasteiger partial charge in [-0.25, -0.2) is 0 Å². The van der Waals surface area contributed by atoms with Crippen LogP contribution in [0.5, 0.6) is 0 Å². The van der Waals surface area contributed by atoms with E-state index >= 15 is 0 Å². The van der Waals surface area contributed by atoms with Crippen LogP contribution in [0.2, 0.25) is 0 Å². The Morgan fingerprint density at radius 2 is 1.83 bits per heavy atom. The van der Waals surface area contributed by atoms with Crippen LogP contribution in [0, 0.1) is 5.92 Å². The zero-order chi connectivity index (χ0) is 21.1. The number of amides is 2. The molecular weight excluding hydrogens is 378 g/mol. The Balaban J connectivity index is 1.45. The molecule has 0 bridgehead atoms. The zero-order valence-corrected chi connectivity index (χ0v) is 18.4. The molecule has 1 aromatic rings. The van der Waals surface area contributed by atoms with E-state index in [2.05, 4.69) is 29.2 Å². The van der Waals surface area contributed by atoms with Gasteiger partial charge in [-0.05, 0) is 43.4 Å². The molecule has 0 unspecified atom stereocenters. The summed E-state index contributed by atoms with van der Waals surface area (Å²) in [5, 5.41) is 0. The second kappa shape index (κ2) is 9.38. The van der Waals surface area contributed by atoms with Crippen molar-refractivity contribution in [3.8, 4) is 0 Å². The van der Waals surface area contributed by atoms with E-state index < -0.39 is 0 Å². The maximum Gasteiger partial charge on any atom is 0.228 e. The van der Waals surface area contributed by atoms with Gasteiger partial charge in [0, 0.05) is 58.5 Å². The Hall–Kier alpha value is -2.08. The number of nitrogens with zero attached hydrogens (tertiary/aromatic N) is 3. The summed E-state index contributed by atoms with van der Waals surface area (Å²) in [5.74, 6) is 0.0456. The van der Waals surface area contributed by atoms with Gasteiger partial charge in [-0.3, -0.25) is 9.59 Å². The number of anilines is 1. The van der Waals surface area contributed by atoms with Crippen molar-refractivity contribution in [3.05, 3.63) is 29.8 Å². The second-order valence-corrected chi connectivity index (χ2v) is 9.30. The molecule has 0 spiro atoms. The predicted molar refractivity (Wildman–Crippen MR) is 117 cm³/mol. The van der Waals surface area contributed by atoms with Gasteiger partial charge in [0.15, 0.2) is 0 Å². The fourth-order valence-electron chi connectivity index (χ4n) is 5.11. The summed E-state index contributed by atoms with van der Waals surface area (Å²) in [4.78, 5) is 32.1. The van der Waals surface area contributed by atoms with E-state index in [1.807, 2.05) is 23.9 Å². The average molecular weight is 414 g/mol. The number of rotatable bonds is 7. The summed E-state index contributed by atoms with van der Waals surface area (Å²) in [7, 11) is 4.05. The lowest BCUT2D eigenvalue weighted by atomic mass is 10.1. The third-order valence-corrected chi connectivity index (χ3v) is 6.86. The number of ether oxygens (including phenoxy) is 1. The lowest BCUT2D eigenvalue weighted by Gasteiger charge is -2.29. The van der Waals surface area contributed by atoms with Crippen LogP contribution in [0.25, 0.3) is 0 Å². The molecule has 6 heteroatoms. The monoisotopic (exact) mass is 413 g/mol. The molecule has 4 rings (SSSR count). The summed E-state index contributed by atoms with van der Waals surface area (Å²) in [5.41, 5.74) is 2.26. The molecule has 2 aliphatic heterocycles. The van der Waals surface area contributed by atoms with Crippen molar-refractivity contribution >= 4 is 17.5 Å². The molecule has 0 radical (unpaired) electrons. The lowest BCUT2D eigenvalue weighted by molar-refractivity contribution is -0.138. The standard InChI is InChI=1S/C24H35N3O3/c1-25(2)20-11-9-18(10-12-20)15-26(17-22-8-5-13-30-22)24(29)19-14-23(28)27(16-19)21-6-3-4-7-21/h9-12,19,21-22H,3-8,13-17H2,1-2H3/t19-,22+/m1/s1. The molecule has 30 heavy (non-hydrogen) atoms. The molecule has 2 atom stereocenters. The molecule has 3 aliphatic rings. The smallest absolute Gasteiger partial charge is 0.228 e. The maximum atomic E-state index is 13.5. The Morgan fingerprint density at radius 1 is 1.10 bits per heavy atom. The number of hydrogen-bond donors (Lipinski definition) is 0. The third kappa shape index (κ3) is 4.80. The molecular formula is C24H35N3O3. The van der Waals surface area contributed by atoms with Crippen LogP contribution in [-0.4, -0.2) is 67.6 Å². The highest BCUT2D eigenvalue weighted by molar-refractivity contribution is 5.89. The molecule has 164 valence electrons. The normalized spacial score (nSPS) is 24.6. The van der Waals surface area contributed by atoms with Gasteiger partial charge in [-0.15, -0.1) is 0 Å². The van der Waals surface area contributed by atoms with Crippen molar-refractivity contribution in [1.29, 1.82) is 0 Å². The Bertz CT molecular complexity index is 737. The van der Waals surface area contributed by atoms with Crippen LogP contribution in [0.4, 0.5) is 5.69 Å². The van der Waals surface area contributed by atoms with Crippen LogP contribution >= 0.6 is 0 Å². The largest absolute Gasteiger partial charge is 0.378 e. The fourth-order valence-corrected chi connectivity index (χ4v) is 5.11. The minimum atomic E-state index is -0.222. The van der Waals surface area contributed by atoms with Crippen molar-refractivity contribution < 1.29 is 14.3 Å². The topological polar surface area (TPSA) is 53.1 Å². The van der Waals surface area contributed by atoms with Crippen molar-refractivity contribution in [2.45, 2.75) is 63.6 Å². The summed E-state index contributed by atoms with van der Waals surface area (Å²) in [6.45, 7) is 2.55. The highest BCUT2D eigenvalue weighted by Gasteiger charge is 2.40. The maximum absolute atomic E-state index is 13.5.